The maximum atomic E-state index is 8.88. The van der Waals surface area contributed by atoms with Gasteiger partial charge in [0.05, 0.1) is 6.61 Å². The summed E-state index contributed by atoms with van der Waals surface area (Å²) in [4.78, 5) is 2.07. The molecule has 0 aliphatic rings. The van der Waals surface area contributed by atoms with Gasteiger partial charge in [-0.3, -0.25) is 0 Å². The minimum atomic E-state index is 0.189. The van der Waals surface area contributed by atoms with Crippen molar-refractivity contribution >= 4 is 5.69 Å². The molecule has 0 aliphatic heterocycles. The fraction of sp³-hybridized carbons (Fsp3) is 0.500. The van der Waals surface area contributed by atoms with Crippen LogP contribution in [0.25, 0.3) is 0 Å². The van der Waals surface area contributed by atoms with Gasteiger partial charge >= 0.3 is 0 Å². The normalized spacial score (nSPS) is 10.4. The summed E-state index contributed by atoms with van der Waals surface area (Å²) in [5, 5.41) is 12.0. The van der Waals surface area contributed by atoms with E-state index in [1.165, 1.54) is 16.8 Å². The average molecular weight is 208 g/mol. The summed E-state index contributed by atoms with van der Waals surface area (Å²) in [5.41, 5.74) is 3.72. The monoisotopic (exact) mass is 208 g/mol. The van der Waals surface area contributed by atoms with Crippen LogP contribution >= 0.6 is 0 Å². The van der Waals surface area contributed by atoms with Gasteiger partial charge in [0, 0.05) is 25.8 Å². The van der Waals surface area contributed by atoms with Gasteiger partial charge in [-0.2, -0.15) is 0 Å². The van der Waals surface area contributed by atoms with E-state index in [2.05, 4.69) is 35.3 Å². The summed E-state index contributed by atoms with van der Waals surface area (Å²) in [6, 6.07) is 6.41. The molecule has 0 aliphatic carbocycles. The third-order valence-electron chi connectivity index (χ3n) is 2.49. The Labute approximate surface area is 91.7 Å². The minimum absolute atomic E-state index is 0.189. The lowest BCUT2D eigenvalue weighted by Crippen LogP contribution is -2.22. The molecule has 0 unspecified atom stereocenters. The Morgan fingerprint density at radius 1 is 1.40 bits per heavy atom. The van der Waals surface area contributed by atoms with Crippen molar-refractivity contribution in [1.82, 2.24) is 5.32 Å². The third-order valence-corrected chi connectivity index (χ3v) is 2.49. The number of aliphatic hydroxyl groups excluding tert-OH is 1. The molecule has 0 amide bonds. The van der Waals surface area contributed by atoms with Crippen LogP contribution in [0.2, 0.25) is 0 Å². The van der Waals surface area contributed by atoms with Crippen molar-refractivity contribution in [1.29, 1.82) is 0 Å². The largest absolute Gasteiger partial charge is 0.395 e. The summed E-state index contributed by atoms with van der Waals surface area (Å²) in [5.74, 6) is 0. The zero-order valence-corrected chi connectivity index (χ0v) is 9.75. The number of hydrogen-bond acceptors (Lipinski definition) is 3. The van der Waals surface area contributed by atoms with Gasteiger partial charge in [-0.1, -0.05) is 12.1 Å². The smallest absolute Gasteiger partial charge is 0.0606 e. The highest BCUT2D eigenvalue weighted by atomic mass is 16.3. The molecule has 0 bridgehead atoms. The Hall–Kier alpha value is -1.06. The highest BCUT2D eigenvalue weighted by Crippen LogP contribution is 2.19. The summed E-state index contributed by atoms with van der Waals surface area (Å²) in [6.45, 7) is 3.85. The highest BCUT2D eigenvalue weighted by Gasteiger charge is 2.04. The van der Waals surface area contributed by atoms with Gasteiger partial charge in [-0.05, 0) is 31.2 Å². The van der Waals surface area contributed by atoms with Gasteiger partial charge < -0.3 is 15.3 Å². The van der Waals surface area contributed by atoms with E-state index in [0.29, 0.717) is 6.54 Å². The van der Waals surface area contributed by atoms with Gasteiger partial charge in [-0.15, -0.1) is 0 Å². The number of benzene rings is 1. The summed E-state index contributed by atoms with van der Waals surface area (Å²) < 4.78 is 0. The number of hydrogen-bond donors (Lipinski definition) is 2. The Balaban J connectivity index is 2.82. The Bertz CT molecular complexity index is 312. The predicted octanol–water partition coefficient (Wildman–Crippen LogP) is 1.14. The van der Waals surface area contributed by atoms with E-state index in [9.17, 15) is 0 Å². The van der Waals surface area contributed by atoms with E-state index in [1.807, 2.05) is 14.1 Å². The van der Waals surface area contributed by atoms with Crippen LogP contribution in [0.1, 0.15) is 11.1 Å². The molecule has 0 atom stereocenters. The summed E-state index contributed by atoms with van der Waals surface area (Å²) in [6.07, 6.45) is 0. The molecule has 3 heteroatoms. The molecule has 2 N–H and O–H groups in total. The second-order valence-electron chi connectivity index (χ2n) is 3.80. The fourth-order valence-electron chi connectivity index (χ4n) is 1.73. The average Bonchev–Trinajstić information content (AvgIpc) is 2.18. The van der Waals surface area contributed by atoms with Crippen LogP contribution in [-0.4, -0.2) is 32.4 Å². The first-order valence-electron chi connectivity index (χ1n) is 5.25. The Morgan fingerprint density at radius 3 is 2.67 bits per heavy atom. The third kappa shape index (κ3) is 3.22. The van der Waals surface area contributed by atoms with Gasteiger partial charge in [0.15, 0.2) is 0 Å². The van der Waals surface area contributed by atoms with Crippen molar-refractivity contribution in [3.63, 3.8) is 0 Å². The lowest BCUT2D eigenvalue weighted by molar-refractivity contribution is 0.304. The topological polar surface area (TPSA) is 35.5 Å². The SMILES string of the molecule is CNCc1ccc(N(C)CCO)c(C)c1. The van der Waals surface area contributed by atoms with E-state index in [-0.39, 0.29) is 6.61 Å². The standard InChI is InChI=1S/C12H20N2O/c1-10-8-11(9-13-2)4-5-12(10)14(3)6-7-15/h4-5,8,13,15H,6-7,9H2,1-3H3. The van der Waals surface area contributed by atoms with Crippen LogP contribution in [0.5, 0.6) is 0 Å². The predicted molar refractivity (Wildman–Crippen MR) is 64.3 cm³/mol. The van der Waals surface area contributed by atoms with E-state index in [4.69, 9.17) is 5.11 Å². The van der Waals surface area contributed by atoms with Crippen LogP contribution in [0.15, 0.2) is 18.2 Å². The molecular weight excluding hydrogens is 188 g/mol. The molecule has 15 heavy (non-hydrogen) atoms. The zero-order valence-electron chi connectivity index (χ0n) is 9.75. The van der Waals surface area contributed by atoms with Crippen molar-refractivity contribution in [3.05, 3.63) is 29.3 Å². The quantitative estimate of drug-likeness (QED) is 0.762. The van der Waals surface area contributed by atoms with Crippen LogP contribution in [0, 0.1) is 6.92 Å². The maximum Gasteiger partial charge on any atom is 0.0606 e. The van der Waals surface area contributed by atoms with Crippen molar-refractivity contribution < 1.29 is 5.11 Å². The first-order chi connectivity index (χ1) is 7.19. The van der Waals surface area contributed by atoms with Crippen LogP contribution in [0.4, 0.5) is 5.69 Å². The van der Waals surface area contributed by atoms with Crippen molar-refractivity contribution in [2.45, 2.75) is 13.5 Å². The van der Waals surface area contributed by atoms with Gasteiger partial charge in [-0.25, -0.2) is 0 Å². The first kappa shape index (κ1) is 12.0. The lowest BCUT2D eigenvalue weighted by atomic mass is 10.1. The number of rotatable bonds is 5. The number of aryl methyl sites for hydroxylation is 1. The summed E-state index contributed by atoms with van der Waals surface area (Å²) >= 11 is 0. The van der Waals surface area contributed by atoms with E-state index in [1.54, 1.807) is 0 Å². The second kappa shape index (κ2) is 5.73. The molecule has 0 saturated carbocycles. The summed E-state index contributed by atoms with van der Waals surface area (Å²) in [7, 11) is 3.94. The molecule has 1 rings (SSSR count). The van der Waals surface area contributed by atoms with Crippen LogP contribution < -0.4 is 10.2 Å². The Kier molecular flexibility index (Phi) is 4.59. The second-order valence-corrected chi connectivity index (χ2v) is 3.80. The molecule has 0 spiro atoms. The number of aliphatic hydroxyl groups is 1. The fourth-order valence-corrected chi connectivity index (χ4v) is 1.73. The molecule has 0 saturated heterocycles. The maximum absolute atomic E-state index is 8.88. The van der Waals surface area contributed by atoms with E-state index >= 15 is 0 Å². The number of nitrogens with zero attached hydrogens (tertiary/aromatic N) is 1. The molecular formula is C12H20N2O. The van der Waals surface area contributed by atoms with Gasteiger partial charge in [0.2, 0.25) is 0 Å². The lowest BCUT2D eigenvalue weighted by Gasteiger charge is -2.20. The zero-order chi connectivity index (χ0) is 11.3. The van der Waals surface area contributed by atoms with Crippen molar-refractivity contribution in [2.24, 2.45) is 0 Å². The van der Waals surface area contributed by atoms with Crippen molar-refractivity contribution in [2.75, 3.05) is 32.1 Å². The molecule has 1 aromatic rings. The molecule has 84 valence electrons. The van der Waals surface area contributed by atoms with Crippen molar-refractivity contribution in [3.8, 4) is 0 Å². The van der Waals surface area contributed by atoms with E-state index in [0.717, 1.165) is 6.54 Å². The number of nitrogens with one attached hydrogen (secondary N) is 1. The van der Waals surface area contributed by atoms with Gasteiger partial charge in [0.25, 0.3) is 0 Å². The molecule has 0 fully saturated rings. The van der Waals surface area contributed by atoms with Gasteiger partial charge in [0.1, 0.15) is 0 Å². The Morgan fingerprint density at radius 2 is 2.13 bits per heavy atom. The molecule has 3 nitrogen and oxygen atoms in total. The minimum Gasteiger partial charge on any atom is -0.395 e. The number of likely N-dealkylation sites (N-methyl/N-ethyl adjacent to an activating group) is 1. The van der Waals surface area contributed by atoms with Crippen LogP contribution in [-0.2, 0) is 6.54 Å². The molecule has 0 radical (unpaired) electrons. The van der Waals surface area contributed by atoms with E-state index < -0.39 is 0 Å². The number of anilines is 1. The molecule has 0 aromatic heterocycles. The molecule has 1 aromatic carbocycles. The first-order valence-corrected chi connectivity index (χ1v) is 5.25. The van der Waals surface area contributed by atoms with Crippen LogP contribution in [0.3, 0.4) is 0 Å². The molecule has 0 heterocycles. The highest BCUT2D eigenvalue weighted by molar-refractivity contribution is 5.53.